The van der Waals surface area contributed by atoms with Crippen molar-refractivity contribution in [1.82, 2.24) is 0 Å². The summed E-state index contributed by atoms with van der Waals surface area (Å²) in [5, 5.41) is 0. The van der Waals surface area contributed by atoms with Crippen LogP contribution in [-0.2, 0) is 14.3 Å². The van der Waals surface area contributed by atoms with Crippen molar-refractivity contribution in [1.29, 1.82) is 0 Å². The van der Waals surface area contributed by atoms with Crippen LogP contribution in [0.1, 0.15) is 124 Å². The number of hydrogen-bond acceptors (Lipinski definition) is 4. The van der Waals surface area contributed by atoms with Gasteiger partial charge in [0.2, 0.25) is 0 Å². The van der Waals surface area contributed by atoms with E-state index in [1.54, 1.807) is 0 Å². The lowest BCUT2D eigenvalue weighted by Crippen LogP contribution is -2.42. The molecule has 0 aromatic rings. The SMILES string of the molecule is CCCCCCCCOC(C)(S)C1CCCCC1C(=O)OCCCCCCC(C)C. The molecular formula is C26H50O3S. The summed E-state index contributed by atoms with van der Waals surface area (Å²) in [6.07, 6.45) is 17.6. The van der Waals surface area contributed by atoms with Crippen LogP contribution in [0.25, 0.3) is 0 Å². The van der Waals surface area contributed by atoms with Gasteiger partial charge >= 0.3 is 5.97 Å². The van der Waals surface area contributed by atoms with Gasteiger partial charge in [0.05, 0.1) is 12.5 Å². The summed E-state index contributed by atoms with van der Waals surface area (Å²) in [4.78, 5) is 12.2. The van der Waals surface area contributed by atoms with Crippen LogP contribution >= 0.6 is 12.6 Å². The number of unbranched alkanes of at least 4 members (excludes halogenated alkanes) is 8. The van der Waals surface area contributed by atoms with Crippen LogP contribution in [0.3, 0.4) is 0 Å². The number of esters is 1. The van der Waals surface area contributed by atoms with Gasteiger partial charge in [-0.2, -0.15) is 0 Å². The largest absolute Gasteiger partial charge is 0.465 e. The summed E-state index contributed by atoms with van der Waals surface area (Å²) in [5.74, 6) is 0.843. The van der Waals surface area contributed by atoms with E-state index in [2.05, 4.69) is 27.7 Å². The minimum Gasteiger partial charge on any atom is -0.465 e. The molecule has 0 spiro atoms. The third-order valence-electron chi connectivity index (χ3n) is 6.57. The second-order valence-electron chi connectivity index (χ2n) is 9.93. The highest BCUT2D eigenvalue weighted by Gasteiger charge is 2.42. The fraction of sp³-hybridized carbons (Fsp3) is 0.962. The van der Waals surface area contributed by atoms with Crippen LogP contribution in [0.4, 0.5) is 0 Å². The monoisotopic (exact) mass is 442 g/mol. The van der Waals surface area contributed by atoms with Crippen LogP contribution in [0.15, 0.2) is 0 Å². The van der Waals surface area contributed by atoms with Gasteiger partial charge < -0.3 is 9.47 Å². The number of carbonyl (C=O) groups is 1. The fourth-order valence-corrected chi connectivity index (χ4v) is 5.01. The van der Waals surface area contributed by atoms with E-state index >= 15 is 0 Å². The second kappa shape index (κ2) is 16.4. The molecule has 1 aliphatic rings. The highest BCUT2D eigenvalue weighted by atomic mass is 32.1. The van der Waals surface area contributed by atoms with Crippen molar-refractivity contribution in [3.05, 3.63) is 0 Å². The van der Waals surface area contributed by atoms with E-state index in [1.165, 1.54) is 51.4 Å². The highest BCUT2D eigenvalue weighted by Crippen LogP contribution is 2.42. The smallest absolute Gasteiger partial charge is 0.309 e. The van der Waals surface area contributed by atoms with E-state index in [0.29, 0.717) is 6.61 Å². The van der Waals surface area contributed by atoms with Crippen LogP contribution < -0.4 is 0 Å². The summed E-state index contributed by atoms with van der Waals surface area (Å²) in [5.41, 5.74) is 0. The van der Waals surface area contributed by atoms with E-state index in [0.717, 1.165) is 57.5 Å². The van der Waals surface area contributed by atoms with E-state index in [4.69, 9.17) is 22.1 Å². The Morgan fingerprint density at radius 1 is 0.933 bits per heavy atom. The Hall–Kier alpha value is -0.220. The molecule has 1 fully saturated rings. The van der Waals surface area contributed by atoms with Crippen molar-refractivity contribution in [2.45, 2.75) is 129 Å². The first-order chi connectivity index (χ1) is 14.4. The number of carbonyl (C=O) groups excluding carboxylic acids is 1. The van der Waals surface area contributed by atoms with Crippen LogP contribution in [-0.4, -0.2) is 24.1 Å². The second-order valence-corrected chi connectivity index (χ2v) is 10.8. The van der Waals surface area contributed by atoms with Gasteiger partial charge in [0.25, 0.3) is 0 Å². The lowest BCUT2D eigenvalue weighted by molar-refractivity contribution is -0.156. The molecule has 1 rings (SSSR count). The number of hydrogen-bond donors (Lipinski definition) is 1. The maximum Gasteiger partial charge on any atom is 0.309 e. The van der Waals surface area contributed by atoms with Gasteiger partial charge in [-0.25, -0.2) is 0 Å². The molecule has 30 heavy (non-hydrogen) atoms. The third kappa shape index (κ3) is 12.0. The Balaban J connectivity index is 2.32. The molecule has 0 bridgehead atoms. The van der Waals surface area contributed by atoms with Crippen molar-refractivity contribution in [3.63, 3.8) is 0 Å². The highest BCUT2D eigenvalue weighted by molar-refractivity contribution is 7.81. The van der Waals surface area contributed by atoms with Gasteiger partial charge in [0.1, 0.15) is 4.93 Å². The summed E-state index contributed by atoms with van der Waals surface area (Å²) in [7, 11) is 0. The molecular weight excluding hydrogens is 392 g/mol. The fourth-order valence-electron chi connectivity index (χ4n) is 4.61. The first-order valence-electron chi connectivity index (χ1n) is 12.9. The van der Waals surface area contributed by atoms with Gasteiger partial charge in [-0.15, -0.1) is 12.6 Å². The van der Waals surface area contributed by atoms with Crippen molar-refractivity contribution in [3.8, 4) is 0 Å². The lowest BCUT2D eigenvalue weighted by atomic mass is 9.76. The predicted octanol–water partition coefficient (Wildman–Crippen LogP) is 7.97. The zero-order valence-corrected chi connectivity index (χ0v) is 21.3. The maximum atomic E-state index is 12.8. The van der Waals surface area contributed by atoms with Crippen molar-refractivity contribution < 1.29 is 14.3 Å². The Labute approximate surface area is 192 Å². The standard InChI is InChI=1S/C26H50O3S/c1-5-6-7-8-10-16-21-29-26(4,30)24-19-14-13-18-23(24)25(27)28-20-15-11-9-12-17-22(2)3/h22-24,30H,5-21H2,1-4H3. The summed E-state index contributed by atoms with van der Waals surface area (Å²) >= 11 is 4.88. The van der Waals surface area contributed by atoms with Crippen LogP contribution in [0.5, 0.6) is 0 Å². The van der Waals surface area contributed by atoms with E-state index in [-0.39, 0.29) is 17.8 Å². The Kier molecular flexibility index (Phi) is 15.2. The van der Waals surface area contributed by atoms with Gasteiger partial charge in [-0.05, 0) is 38.5 Å². The van der Waals surface area contributed by atoms with Gasteiger partial charge in [0.15, 0.2) is 0 Å². The minimum absolute atomic E-state index is 0.0229. The molecule has 3 atom stereocenters. The molecule has 4 heteroatoms. The number of rotatable bonds is 17. The molecule has 0 heterocycles. The molecule has 0 aliphatic heterocycles. The van der Waals surface area contributed by atoms with Crippen molar-refractivity contribution in [2.24, 2.45) is 17.8 Å². The minimum atomic E-state index is -0.551. The van der Waals surface area contributed by atoms with E-state index < -0.39 is 4.93 Å². The molecule has 0 radical (unpaired) electrons. The van der Waals surface area contributed by atoms with Crippen molar-refractivity contribution >= 4 is 18.6 Å². The van der Waals surface area contributed by atoms with E-state index in [1.807, 2.05) is 0 Å². The average Bonchev–Trinajstić information content (AvgIpc) is 2.72. The third-order valence-corrected chi connectivity index (χ3v) is 7.03. The van der Waals surface area contributed by atoms with Gasteiger partial charge in [0, 0.05) is 12.5 Å². The topological polar surface area (TPSA) is 35.5 Å². The molecule has 3 nitrogen and oxygen atoms in total. The predicted molar refractivity (Wildman–Crippen MR) is 131 cm³/mol. The van der Waals surface area contributed by atoms with E-state index in [9.17, 15) is 4.79 Å². The molecule has 0 aromatic carbocycles. The Morgan fingerprint density at radius 2 is 1.53 bits per heavy atom. The average molecular weight is 443 g/mol. The Morgan fingerprint density at radius 3 is 2.23 bits per heavy atom. The molecule has 0 N–H and O–H groups in total. The lowest BCUT2D eigenvalue weighted by Gasteiger charge is -2.40. The first-order valence-corrected chi connectivity index (χ1v) is 13.4. The van der Waals surface area contributed by atoms with Crippen LogP contribution in [0.2, 0.25) is 0 Å². The van der Waals surface area contributed by atoms with Gasteiger partial charge in [-0.1, -0.05) is 91.4 Å². The summed E-state index contributed by atoms with van der Waals surface area (Å²) < 4.78 is 11.9. The maximum absolute atomic E-state index is 12.8. The quantitative estimate of drug-likeness (QED) is 0.107. The zero-order valence-electron chi connectivity index (χ0n) is 20.4. The molecule has 3 unspecified atom stereocenters. The van der Waals surface area contributed by atoms with Crippen LogP contribution in [0, 0.1) is 17.8 Å². The molecule has 0 aromatic heterocycles. The molecule has 0 saturated heterocycles. The molecule has 178 valence electrons. The normalized spacial score (nSPS) is 21.5. The number of thiol groups is 1. The molecule has 1 saturated carbocycles. The zero-order chi connectivity index (χ0) is 22.2. The number of ether oxygens (including phenoxy) is 2. The first kappa shape index (κ1) is 27.8. The van der Waals surface area contributed by atoms with Gasteiger partial charge in [-0.3, -0.25) is 4.79 Å². The molecule has 0 amide bonds. The van der Waals surface area contributed by atoms with Crippen molar-refractivity contribution in [2.75, 3.05) is 13.2 Å². The molecule has 1 aliphatic carbocycles. The summed E-state index contributed by atoms with van der Waals surface area (Å²) in [6, 6.07) is 0. The Bertz CT molecular complexity index is 436. The summed E-state index contributed by atoms with van der Waals surface area (Å²) in [6.45, 7) is 10.1.